The molecular weight excluding hydrogens is 627 g/mol. The minimum atomic E-state index is -1.75. The first-order valence-electron chi connectivity index (χ1n) is 12.3. The van der Waals surface area contributed by atoms with Crippen molar-refractivity contribution >= 4 is 86.9 Å². The van der Waals surface area contributed by atoms with Gasteiger partial charge in [-0.2, -0.15) is 0 Å². The molecule has 2 amide bonds. The lowest BCUT2D eigenvalue weighted by Gasteiger charge is -2.49. The molecule has 1 saturated heterocycles. The summed E-state index contributed by atoms with van der Waals surface area (Å²) in [5.74, 6) is -3.32. The highest BCUT2D eigenvalue weighted by Gasteiger charge is 2.54. The number of thiazole rings is 2. The van der Waals surface area contributed by atoms with E-state index in [1.807, 2.05) is 24.2 Å². The van der Waals surface area contributed by atoms with Crippen molar-refractivity contribution in [3.8, 4) is 0 Å². The van der Waals surface area contributed by atoms with E-state index in [0.29, 0.717) is 23.6 Å². The van der Waals surface area contributed by atoms with Crippen LogP contribution in [0.5, 0.6) is 0 Å². The lowest BCUT2D eigenvalue weighted by atomic mass is 10.0. The van der Waals surface area contributed by atoms with Gasteiger partial charge in [-0.05, 0) is 25.5 Å². The normalized spacial score (nSPS) is 20.2. The molecule has 222 valence electrons. The van der Waals surface area contributed by atoms with Gasteiger partial charge in [0, 0.05) is 30.1 Å². The van der Waals surface area contributed by atoms with Crippen LogP contribution in [0.4, 0.5) is 5.13 Å². The molecule has 0 bridgehead atoms. The van der Waals surface area contributed by atoms with E-state index in [9.17, 15) is 29.4 Å². The first-order valence-corrected chi connectivity index (χ1v) is 16.0. The smallest absolute Gasteiger partial charge is 0.352 e. The van der Waals surface area contributed by atoms with E-state index in [-0.39, 0.29) is 22.2 Å². The number of oxime groups is 1. The molecule has 0 saturated carbocycles. The molecule has 2 aromatic rings. The second-order valence-electron chi connectivity index (χ2n) is 9.85. The Balaban J connectivity index is 1.30. The van der Waals surface area contributed by atoms with Crippen LogP contribution < -0.4 is 11.1 Å². The maximum absolute atomic E-state index is 13.2. The highest BCUT2D eigenvalue weighted by Crippen LogP contribution is 2.42. The van der Waals surface area contributed by atoms with Crippen LogP contribution >= 0.6 is 46.2 Å². The van der Waals surface area contributed by atoms with E-state index in [1.165, 1.54) is 59.0 Å². The first-order chi connectivity index (χ1) is 19.9. The second-order valence-corrected chi connectivity index (χ2v) is 14.1. The molecule has 1 unspecified atom stereocenters. The van der Waals surface area contributed by atoms with Gasteiger partial charge in [0.1, 0.15) is 22.8 Å². The lowest BCUT2D eigenvalue weighted by Crippen LogP contribution is -2.71. The monoisotopic (exact) mass is 651 g/mol. The third kappa shape index (κ3) is 5.83. The zero-order valence-electron chi connectivity index (χ0n) is 22.4. The van der Waals surface area contributed by atoms with E-state index in [4.69, 9.17) is 10.6 Å². The quantitative estimate of drug-likeness (QED) is 0.125. The highest BCUT2D eigenvalue weighted by atomic mass is 32.2. The minimum absolute atomic E-state index is 0.0348. The van der Waals surface area contributed by atoms with Gasteiger partial charge in [-0.3, -0.25) is 14.5 Å². The molecule has 3 aliphatic rings. The number of nitrogens with zero attached hydrogens (tertiary/aromatic N) is 5. The SMILES string of the molecule is CN1C=Cc2sc(SCC3=C(C(=O)O)N4C(=O)C(NC(=O)/C(=N\OC(C)(C)C(=O)O)c5csc(N)n5)[C@H]4SC3)nc2C1. The zero-order chi connectivity index (χ0) is 30.3. The molecule has 18 heteroatoms. The molecule has 5 rings (SSSR count). The van der Waals surface area contributed by atoms with Crippen molar-refractivity contribution in [2.45, 2.75) is 41.7 Å². The van der Waals surface area contributed by atoms with Gasteiger partial charge in [0.15, 0.2) is 15.2 Å². The molecule has 42 heavy (non-hydrogen) atoms. The average molecular weight is 652 g/mol. The summed E-state index contributed by atoms with van der Waals surface area (Å²) >= 11 is 5.32. The predicted octanol–water partition coefficient (Wildman–Crippen LogP) is 1.71. The zero-order valence-corrected chi connectivity index (χ0v) is 25.7. The standard InChI is InChI=1S/C24H25N7O7S4/c1-24(2,21(36)37)38-29-14(12-9-40-22(25)26-12)17(32)28-15-18(33)31-16(20(34)35)10(7-39-19(15)31)8-41-23-27-11-6-30(3)5-4-13(11)42-23/h4-5,9,15,19H,6-8H2,1-3H3,(H2,25,26)(H,28,32)(H,34,35)(H,36,37)/b29-14-/t15?,19-/m1/s1. The van der Waals surface area contributed by atoms with Gasteiger partial charge in [-0.1, -0.05) is 16.9 Å². The summed E-state index contributed by atoms with van der Waals surface area (Å²) in [6.45, 7) is 3.21. The summed E-state index contributed by atoms with van der Waals surface area (Å²) in [5, 5.41) is 26.6. The Hall–Kier alpha value is -3.61. The highest BCUT2D eigenvalue weighted by molar-refractivity contribution is 8.01. The molecule has 0 radical (unpaired) electrons. The maximum Gasteiger partial charge on any atom is 0.352 e. The molecular formula is C24H25N7O7S4. The van der Waals surface area contributed by atoms with Crippen molar-refractivity contribution in [1.82, 2.24) is 25.1 Å². The van der Waals surface area contributed by atoms with Crippen LogP contribution in [0.25, 0.3) is 6.08 Å². The van der Waals surface area contributed by atoms with Crippen LogP contribution in [-0.2, 0) is 30.6 Å². The number of hydrogen-bond acceptors (Lipinski definition) is 14. The van der Waals surface area contributed by atoms with Crippen LogP contribution in [0, 0.1) is 0 Å². The van der Waals surface area contributed by atoms with Crippen molar-refractivity contribution < 1.29 is 34.2 Å². The average Bonchev–Trinajstić information content (AvgIpc) is 3.54. The molecule has 0 spiro atoms. The molecule has 2 aromatic heterocycles. The van der Waals surface area contributed by atoms with Gasteiger partial charge in [0.25, 0.3) is 11.8 Å². The second kappa shape index (κ2) is 11.6. The summed E-state index contributed by atoms with van der Waals surface area (Å²) in [6, 6.07) is -1.05. The predicted molar refractivity (Wildman–Crippen MR) is 159 cm³/mol. The van der Waals surface area contributed by atoms with Gasteiger partial charge in [0.2, 0.25) is 5.60 Å². The molecule has 0 aliphatic carbocycles. The maximum atomic E-state index is 13.2. The Bertz CT molecular complexity index is 1560. The van der Waals surface area contributed by atoms with E-state index < -0.39 is 40.8 Å². The number of nitrogens with one attached hydrogen (secondary N) is 1. The first kappa shape index (κ1) is 29.9. The number of amides is 2. The van der Waals surface area contributed by atoms with Gasteiger partial charge in [0.05, 0.1) is 17.1 Å². The number of nitrogen functional groups attached to an aromatic ring is 1. The Kier molecular flexibility index (Phi) is 8.23. The van der Waals surface area contributed by atoms with Crippen LogP contribution in [-0.4, -0.2) is 95.0 Å². The number of rotatable bonds is 10. The summed E-state index contributed by atoms with van der Waals surface area (Å²) in [4.78, 5) is 68.2. The molecule has 2 atom stereocenters. The summed E-state index contributed by atoms with van der Waals surface area (Å²) in [7, 11) is 1.96. The number of carboxylic acid groups (broad SMARTS) is 2. The van der Waals surface area contributed by atoms with Crippen LogP contribution in [0.15, 0.2) is 32.3 Å². The lowest BCUT2D eigenvalue weighted by molar-refractivity contribution is -0.161. The molecule has 0 aromatic carbocycles. The Morgan fingerprint density at radius 3 is 2.74 bits per heavy atom. The third-order valence-electron chi connectivity index (χ3n) is 6.35. The van der Waals surface area contributed by atoms with E-state index >= 15 is 0 Å². The number of carbonyl (C=O) groups is 4. The number of nitrogens with two attached hydrogens (primary N) is 1. The van der Waals surface area contributed by atoms with Gasteiger partial charge in [-0.15, -0.1) is 34.4 Å². The van der Waals surface area contributed by atoms with Crippen molar-refractivity contribution in [2.24, 2.45) is 5.16 Å². The van der Waals surface area contributed by atoms with Crippen molar-refractivity contribution in [3.05, 3.63) is 39.1 Å². The number of fused-ring (bicyclic) bond motifs is 2. The summed E-state index contributed by atoms with van der Waals surface area (Å²) < 4.78 is 0.812. The molecule has 5 N–H and O–H groups in total. The summed E-state index contributed by atoms with van der Waals surface area (Å²) in [5.41, 5.74) is 5.05. The fourth-order valence-corrected chi connectivity index (χ4v) is 8.20. The number of carboxylic acids is 2. The molecule has 1 fully saturated rings. The molecule has 5 heterocycles. The van der Waals surface area contributed by atoms with E-state index in [1.54, 1.807) is 0 Å². The minimum Gasteiger partial charge on any atom is -0.478 e. The number of β-lactam (4-membered cyclic amide) rings is 1. The topological polar surface area (TPSA) is 201 Å². The van der Waals surface area contributed by atoms with Crippen molar-refractivity contribution in [3.63, 3.8) is 0 Å². The molecule has 3 aliphatic heterocycles. The van der Waals surface area contributed by atoms with Crippen molar-refractivity contribution in [2.75, 3.05) is 24.3 Å². The fraction of sp³-hybridized carbons (Fsp3) is 0.375. The number of aromatic nitrogens is 2. The van der Waals surface area contributed by atoms with Gasteiger partial charge >= 0.3 is 11.9 Å². The largest absolute Gasteiger partial charge is 0.478 e. The number of thioether (sulfide) groups is 2. The number of carbonyl (C=O) groups excluding carboxylic acids is 2. The van der Waals surface area contributed by atoms with E-state index in [2.05, 4.69) is 20.4 Å². The van der Waals surface area contributed by atoms with Crippen molar-refractivity contribution in [1.29, 1.82) is 0 Å². The third-order valence-corrected chi connectivity index (χ3v) is 10.7. The van der Waals surface area contributed by atoms with Gasteiger partial charge < -0.3 is 31.0 Å². The van der Waals surface area contributed by atoms with Crippen LogP contribution in [0.1, 0.15) is 30.1 Å². The Morgan fingerprint density at radius 2 is 2.07 bits per heavy atom. The van der Waals surface area contributed by atoms with Gasteiger partial charge in [-0.25, -0.2) is 19.6 Å². The van der Waals surface area contributed by atoms with Crippen LogP contribution in [0.2, 0.25) is 0 Å². The number of aliphatic carboxylic acids is 2. The van der Waals surface area contributed by atoms with Crippen LogP contribution in [0.3, 0.4) is 0 Å². The Morgan fingerprint density at radius 1 is 1.31 bits per heavy atom. The summed E-state index contributed by atoms with van der Waals surface area (Å²) in [6.07, 6.45) is 3.98. The molecule has 14 nitrogen and oxygen atoms in total. The fourth-order valence-electron chi connectivity index (χ4n) is 4.08. The number of anilines is 1. The Labute approximate surface area is 255 Å². The number of hydrogen-bond donors (Lipinski definition) is 4. The van der Waals surface area contributed by atoms with E-state index in [0.717, 1.165) is 26.2 Å².